The minimum Gasteiger partial charge on any atom is -0.354 e. The summed E-state index contributed by atoms with van der Waals surface area (Å²) in [6, 6.07) is 25.1. The lowest BCUT2D eigenvalue weighted by atomic mass is 9.88. The largest absolute Gasteiger partial charge is 0.354 e. The molecule has 0 aliphatic carbocycles. The van der Waals surface area contributed by atoms with Crippen molar-refractivity contribution in [1.82, 2.24) is 9.88 Å². The van der Waals surface area contributed by atoms with Crippen LogP contribution in [0.3, 0.4) is 0 Å². The lowest BCUT2D eigenvalue weighted by Gasteiger charge is -2.19. The van der Waals surface area contributed by atoms with Gasteiger partial charge in [-0.2, -0.15) is 0 Å². The maximum Gasteiger partial charge on any atom is 0.270 e. The topological polar surface area (TPSA) is 77.2 Å². The molecule has 2 atom stereocenters. The average Bonchev–Trinajstić information content (AvgIpc) is 3.20. The predicted octanol–water partition coefficient (Wildman–Crippen LogP) is 6.03. The van der Waals surface area contributed by atoms with Gasteiger partial charge >= 0.3 is 0 Å². The molecular weight excluding hydrogens is 426 g/mol. The second-order valence-corrected chi connectivity index (χ2v) is 8.70. The number of hydrogen-bond acceptors (Lipinski definition) is 3. The number of nitro groups is 1. The molecule has 6 heteroatoms. The van der Waals surface area contributed by atoms with Gasteiger partial charge in [0.1, 0.15) is 0 Å². The Morgan fingerprint density at radius 3 is 2.35 bits per heavy atom. The van der Waals surface area contributed by atoms with Crippen LogP contribution in [0.2, 0.25) is 0 Å². The number of carbonyl (C=O) groups excluding carboxylic acids is 1. The minimum atomic E-state index is -0.370. The van der Waals surface area contributed by atoms with Gasteiger partial charge in [-0.05, 0) is 36.1 Å². The molecule has 0 saturated carbocycles. The van der Waals surface area contributed by atoms with Crippen molar-refractivity contribution in [2.24, 2.45) is 0 Å². The summed E-state index contributed by atoms with van der Waals surface area (Å²) in [6.45, 7) is 4.66. The van der Waals surface area contributed by atoms with Gasteiger partial charge < -0.3 is 9.88 Å². The first kappa shape index (κ1) is 23.2. The number of aromatic nitrogens is 1. The number of carbonyl (C=O) groups is 1. The van der Waals surface area contributed by atoms with Crippen LogP contribution in [-0.2, 0) is 11.3 Å². The van der Waals surface area contributed by atoms with E-state index in [4.69, 9.17) is 0 Å². The van der Waals surface area contributed by atoms with Gasteiger partial charge in [-0.15, -0.1) is 0 Å². The van der Waals surface area contributed by atoms with Crippen LogP contribution in [0.15, 0.2) is 85.1 Å². The van der Waals surface area contributed by atoms with Gasteiger partial charge in [0.2, 0.25) is 5.91 Å². The molecule has 1 N–H and O–H groups in total. The number of amides is 1. The Balaban J connectivity index is 1.84. The molecule has 4 rings (SSSR count). The third-order valence-corrected chi connectivity index (χ3v) is 6.29. The molecule has 0 unspecified atom stereocenters. The van der Waals surface area contributed by atoms with E-state index in [0.29, 0.717) is 6.54 Å². The lowest BCUT2D eigenvalue weighted by Crippen LogP contribution is -2.33. The third-order valence-electron chi connectivity index (χ3n) is 6.29. The molecule has 0 aliphatic heterocycles. The van der Waals surface area contributed by atoms with Crippen LogP contribution in [0.25, 0.3) is 10.9 Å². The van der Waals surface area contributed by atoms with Gasteiger partial charge in [0, 0.05) is 54.2 Å². The number of benzene rings is 3. The standard InChI is InChI=1S/C28H29N3O3/c1-3-20(2)29-28(32)17-24(22-12-8-5-9-13-22)26-19-30(18-21-10-6-4-7-11-21)27-15-14-23(31(33)34)16-25(26)27/h4-16,19-20,24H,3,17-18H2,1-2H3,(H,29,32)/t20-,24-/m0/s1. The number of nitrogens with zero attached hydrogens (tertiary/aromatic N) is 2. The molecule has 0 fully saturated rings. The maximum atomic E-state index is 13.0. The van der Waals surface area contributed by atoms with E-state index in [-0.39, 0.29) is 34.9 Å². The van der Waals surface area contributed by atoms with Crippen molar-refractivity contribution in [2.75, 3.05) is 0 Å². The number of hydrogen-bond donors (Lipinski definition) is 1. The third kappa shape index (κ3) is 5.17. The monoisotopic (exact) mass is 455 g/mol. The fraction of sp³-hybridized carbons (Fsp3) is 0.250. The van der Waals surface area contributed by atoms with Gasteiger partial charge in [-0.25, -0.2) is 0 Å². The first-order valence-corrected chi connectivity index (χ1v) is 11.6. The quantitative estimate of drug-likeness (QED) is 0.247. The van der Waals surface area contributed by atoms with Crippen molar-refractivity contribution in [3.63, 3.8) is 0 Å². The molecule has 34 heavy (non-hydrogen) atoms. The molecule has 0 aliphatic rings. The van der Waals surface area contributed by atoms with Crippen molar-refractivity contribution < 1.29 is 9.72 Å². The Morgan fingerprint density at radius 1 is 1.03 bits per heavy atom. The van der Waals surface area contributed by atoms with Crippen molar-refractivity contribution in [3.05, 3.63) is 112 Å². The SMILES string of the molecule is CC[C@H](C)NC(=O)C[C@@H](c1ccccc1)c1cn(Cc2ccccc2)c2ccc([N+](=O)[O-])cc12. The van der Waals surface area contributed by atoms with E-state index < -0.39 is 0 Å². The van der Waals surface area contributed by atoms with Crippen molar-refractivity contribution in [2.45, 2.75) is 45.2 Å². The molecule has 1 amide bonds. The second-order valence-electron chi connectivity index (χ2n) is 8.70. The van der Waals surface area contributed by atoms with Crippen molar-refractivity contribution in [3.8, 4) is 0 Å². The second kappa shape index (κ2) is 10.3. The predicted molar refractivity (Wildman–Crippen MR) is 135 cm³/mol. The smallest absolute Gasteiger partial charge is 0.270 e. The summed E-state index contributed by atoms with van der Waals surface area (Å²) in [4.78, 5) is 24.1. The Bertz CT molecular complexity index is 1280. The van der Waals surface area contributed by atoms with E-state index in [1.807, 2.05) is 62.4 Å². The highest BCUT2D eigenvalue weighted by Gasteiger charge is 2.24. The highest BCUT2D eigenvalue weighted by molar-refractivity contribution is 5.88. The summed E-state index contributed by atoms with van der Waals surface area (Å²) < 4.78 is 2.12. The summed E-state index contributed by atoms with van der Waals surface area (Å²) in [7, 11) is 0. The highest BCUT2D eigenvalue weighted by Crippen LogP contribution is 2.36. The molecule has 0 spiro atoms. The molecule has 174 valence electrons. The van der Waals surface area contributed by atoms with Crippen LogP contribution in [-0.4, -0.2) is 21.4 Å². The van der Waals surface area contributed by atoms with Gasteiger partial charge in [0.05, 0.1) is 4.92 Å². The van der Waals surface area contributed by atoms with Crippen LogP contribution in [0.4, 0.5) is 5.69 Å². The zero-order valence-electron chi connectivity index (χ0n) is 19.5. The summed E-state index contributed by atoms with van der Waals surface area (Å²) in [5.74, 6) is -0.260. The first-order valence-electron chi connectivity index (χ1n) is 11.6. The number of non-ortho nitro benzene ring substituents is 1. The van der Waals surface area contributed by atoms with Crippen LogP contribution < -0.4 is 5.32 Å². The fourth-order valence-electron chi connectivity index (χ4n) is 4.33. The molecule has 1 heterocycles. The van der Waals surface area contributed by atoms with E-state index in [1.165, 1.54) is 0 Å². The maximum absolute atomic E-state index is 13.0. The Labute approximate surface area is 199 Å². The number of nitrogens with one attached hydrogen (secondary N) is 1. The number of rotatable bonds is 9. The molecule has 0 radical (unpaired) electrons. The summed E-state index contributed by atoms with van der Waals surface area (Å²) in [6.07, 6.45) is 3.17. The van der Waals surface area contributed by atoms with E-state index in [9.17, 15) is 14.9 Å². The van der Waals surface area contributed by atoms with Gasteiger partial charge in [-0.1, -0.05) is 67.6 Å². The Hall–Kier alpha value is -3.93. The van der Waals surface area contributed by atoms with Crippen molar-refractivity contribution >= 4 is 22.5 Å². The molecule has 0 bridgehead atoms. The number of fused-ring (bicyclic) bond motifs is 1. The highest BCUT2D eigenvalue weighted by atomic mass is 16.6. The molecule has 6 nitrogen and oxygen atoms in total. The first-order chi connectivity index (χ1) is 16.5. The zero-order chi connectivity index (χ0) is 24.1. The molecular formula is C28H29N3O3. The summed E-state index contributed by atoms with van der Waals surface area (Å²) >= 11 is 0. The van der Waals surface area contributed by atoms with Crippen LogP contribution in [0.1, 0.15) is 49.3 Å². The van der Waals surface area contributed by atoms with Crippen LogP contribution in [0.5, 0.6) is 0 Å². The Kier molecular flexibility index (Phi) is 7.07. The van der Waals surface area contributed by atoms with Crippen molar-refractivity contribution in [1.29, 1.82) is 0 Å². The van der Waals surface area contributed by atoms with E-state index in [1.54, 1.807) is 18.2 Å². The zero-order valence-corrected chi connectivity index (χ0v) is 19.5. The Morgan fingerprint density at radius 2 is 1.71 bits per heavy atom. The molecule has 4 aromatic rings. The lowest BCUT2D eigenvalue weighted by molar-refractivity contribution is -0.384. The average molecular weight is 456 g/mol. The minimum absolute atomic E-state index is 0.0300. The van der Waals surface area contributed by atoms with E-state index >= 15 is 0 Å². The molecule has 0 saturated heterocycles. The molecule has 1 aromatic heterocycles. The van der Waals surface area contributed by atoms with E-state index in [2.05, 4.69) is 28.2 Å². The normalized spacial score (nSPS) is 12.9. The molecule has 3 aromatic carbocycles. The van der Waals surface area contributed by atoms with Crippen LogP contribution in [0, 0.1) is 10.1 Å². The van der Waals surface area contributed by atoms with Gasteiger partial charge in [0.25, 0.3) is 5.69 Å². The van der Waals surface area contributed by atoms with Gasteiger partial charge in [0.15, 0.2) is 0 Å². The van der Waals surface area contributed by atoms with Crippen LogP contribution >= 0.6 is 0 Å². The summed E-state index contributed by atoms with van der Waals surface area (Å²) in [5, 5.41) is 15.4. The fourth-order valence-corrected chi connectivity index (χ4v) is 4.33. The van der Waals surface area contributed by atoms with Gasteiger partial charge in [-0.3, -0.25) is 14.9 Å². The van der Waals surface area contributed by atoms with E-state index in [0.717, 1.165) is 34.0 Å². The number of nitro benzene ring substituents is 1. The summed E-state index contributed by atoms with van der Waals surface area (Å²) in [5.41, 5.74) is 4.01.